The first-order chi connectivity index (χ1) is 6.50. The first kappa shape index (κ1) is 11.1. The summed E-state index contributed by atoms with van der Waals surface area (Å²) in [7, 11) is 0. The molecule has 0 aromatic heterocycles. The standard InChI is InChI=1S/C10H8Cl2O2/c1-6(13)2-3-7-4-8(11)5-9(12)10(7)14/h2-5,14H,1H3/b3-2+. The monoisotopic (exact) mass is 230 g/mol. The molecular weight excluding hydrogens is 223 g/mol. The van der Waals surface area contributed by atoms with Crippen LogP contribution in [0.3, 0.4) is 0 Å². The lowest BCUT2D eigenvalue weighted by molar-refractivity contribution is -0.112. The Morgan fingerprint density at radius 2 is 2.07 bits per heavy atom. The van der Waals surface area contributed by atoms with Gasteiger partial charge in [0.2, 0.25) is 0 Å². The Kier molecular flexibility index (Phi) is 3.55. The van der Waals surface area contributed by atoms with E-state index in [0.29, 0.717) is 10.6 Å². The van der Waals surface area contributed by atoms with Gasteiger partial charge in [-0.25, -0.2) is 0 Å². The van der Waals surface area contributed by atoms with Gasteiger partial charge in [0.05, 0.1) is 5.02 Å². The van der Waals surface area contributed by atoms with Crippen molar-refractivity contribution in [1.29, 1.82) is 0 Å². The van der Waals surface area contributed by atoms with Gasteiger partial charge in [-0.05, 0) is 31.2 Å². The fourth-order valence-electron chi connectivity index (χ4n) is 0.920. The molecule has 1 aromatic rings. The molecule has 0 bridgehead atoms. The lowest BCUT2D eigenvalue weighted by Gasteiger charge is -2.01. The Morgan fingerprint density at radius 1 is 1.43 bits per heavy atom. The van der Waals surface area contributed by atoms with Crippen molar-refractivity contribution in [3.05, 3.63) is 33.8 Å². The van der Waals surface area contributed by atoms with Gasteiger partial charge in [0.25, 0.3) is 0 Å². The summed E-state index contributed by atoms with van der Waals surface area (Å²) in [5.74, 6) is -0.186. The van der Waals surface area contributed by atoms with Crippen LogP contribution >= 0.6 is 23.2 Å². The van der Waals surface area contributed by atoms with Crippen molar-refractivity contribution in [2.45, 2.75) is 6.92 Å². The summed E-state index contributed by atoms with van der Waals surface area (Å²) in [6.07, 6.45) is 2.80. The first-order valence-electron chi connectivity index (χ1n) is 3.87. The molecule has 0 heterocycles. The number of phenolic OH excluding ortho intramolecular Hbond substituents is 1. The second-order valence-corrected chi connectivity index (χ2v) is 3.61. The predicted molar refractivity (Wildman–Crippen MR) is 57.8 cm³/mol. The summed E-state index contributed by atoms with van der Waals surface area (Å²) in [6, 6.07) is 2.96. The fourth-order valence-corrected chi connectivity index (χ4v) is 1.43. The van der Waals surface area contributed by atoms with Crippen molar-refractivity contribution in [2.24, 2.45) is 0 Å². The highest BCUT2D eigenvalue weighted by Crippen LogP contribution is 2.31. The fraction of sp³-hybridized carbons (Fsp3) is 0.100. The van der Waals surface area contributed by atoms with Gasteiger partial charge in [-0.1, -0.05) is 23.2 Å². The maximum atomic E-state index is 10.7. The van der Waals surface area contributed by atoms with Crippen molar-refractivity contribution in [3.63, 3.8) is 0 Å². The van der Waals surface area contributed by atoms with Crippen LogP contribution in [0.25, 0.3) is 6.08 Å². The van der Waals surface area contributed by atoms with Crippen LogP contribution in [0.2, 0.25) is 10.0 Å². The highest BCUT2D eigenvalue weighted by molar-refractivity contribution is 6.35. The van der Waals surface area contributed by atoms with Gasteiger partial charge in [0.1, 0.15) is 5.75 Å². The quantitative estimate of drug-likeness (QED) is 0.792. The number of halogens is 2. The van der Waals surface area contributed by atoms with Crippen LogP contribution in [0.15, 0.2) is 18.2 Å². The van der Waals surface area contributed by atoms with Crippen LogP contribution in [0, 0.1) is 0 Å². The van der Waals surface area contributed by atoms with E-state index in [-0.39, 0.29) is 16.6 Å². The largest absolute Gasteiger partial charge is 0.506 e. The molecule has 0 saturated heterocycles. The van der Waals surface area contributed by atoms with Crippen molar-refractivity contribution >= 4 is 35.1 Å². The number of aromatic hydroxyl groups is 1. The number of rotatable bonds is 2. The Morgan fingerprint density at radius 3 is 2.64 bits per heavy atom. The molecule has 0 fully saturated rings. The Balaban J connectivity index is 3.14. The molecule has 0 spiro atoms. The van der Waals surface area contributed by atoms with E-state index in [1.54, 1.807) is 0 Å². The lowest BCUT2D eigenvalue weighted by atomic mass is 10.2. The van der Waals surface area contributed by atoms with Crippen LogP contribution in [-0.4, -0.2) is 10.9 Å². The number of phenols is 1. The highest BCUT2D eigenvalue weighted by atomic mass is 35.5. The van der Waals surface area contributed by atoms with Crippen LogP contribution in [-0.2, 0) is 4.79 Å². The van der Waals surface area contributed by atoms with Crippen molar-refractivity contribution in [1.82, 2.24) is 0 Å². The lowest BCUT2D eigenvalue weighted by Crippen LogP contribution is -1.82. The third-order valence-corrected chi connectivity index (χ3v) is 2.06. The van der Waals surface area contributed by atoms with Gasteiger partial charge in [0, 0.05) is 10.6 Å². The summed E-state index contributed by atoms with van der Waals surface area (Å²) in [5.41, 5.74) is 0.428. The molecule has 0 saturated carbocycles. The zero-order chi connectivity index (χ0) is 10.7. The number of ketones is 1. The van der Waals surface area contributed by atoms with E-state index in [4.69, 9.17) is 23.2 Å². The third kappa shape index (κ3) is 2.76. The summed E-state index contributed by atoms with van der Waals surface area (Å²) >= 11 is 11.4. The zero-order valence-electron chi connectivity index (χ0n) is 7.42. The molecule has 0 amide bonds. The number of allylic oxidation sites excluding steroid dienone is 1. The summed E-state index contributed by atoms with van der Waals surface area (Å²) in [5, 5.41) is 10.1. The van der Waals surface area contributed by atoms with Gasteiger partial charge in [-0.3, -0.25) is 4.79 Å². The SMILES string of the molecule is CC(=O)/C=C/c1cc(Cl)cc(Cl)c1O. The smallest absolute Gasteiger partial charge is 0.152 e. The van der Waals surface area contributed by atoms with Crippen molar-refractivity contribution < 1.29 is 9.90 Å². The molecular formula is C10H8Cl2O2. The summed E-state index contributed by atoms with van der Waals surface area (Å²) in [6.45, 7) is 1.42. The predicted octanol–water partition coefficient (Wildman–Crippen LogP) is 3.30. The second kappa shape index (κ2) is 4.49. The maximum absolute atomic E-state index is 10.7. The molecule has 4 heteroatoms. The molecule has 14 heavy (non-hydrogen) atoms. The minimum Gasteiger partial charge on any atom is -0.506 e. The Labute approximate surface area is 91.8 Å². The van der Waals surface area contributed by atoms with E-state index in [1.807, 2.05) is 0 Å². The zero-order valence-corrected chi connectivity index (χ0v) is 8.93. The van der Waals surface area contributed by atoms with Gasteiger partial charge in [-0.2, -0.15) is 0 Å². The minimum absolute atomic E-state index is 0.0754. The molecule has 1 N–H and O–H groups in total. The molecule has 0 radical (unpaired) electrons. The van der Waals surface area contributed by atoms with E-state index in [0.717, 1.165) is 0 Å². The van der Waals surface area contributed by atoms with Gasteiger partial charge >= 0.3 is 0 Å². The molecule has 1 rings (SSSR count). The topological polar surface area (TPSA) is 37.3 Å². The van der Waals surface area contributed by atoms with Gasteiger partial charge < -0.3 is 5.11 Å². The maximum Gasteiger partial charge on any atom is 0.152 e. The molecule has 0 aliphatic rings. The third-order valence-electron chi connectivity index (χ3n) is 1.56. The average Bonchev–Trinajstić information content (AvgIpc) is 2.08. The number of carbonyl (C=O) groups excluding carboxylic acids is 1. The Bertz CT molecular complexity index is 397. The molecule has 2 nitrogen and oxygen atoms in total. The molecule has 0 aliphatic carbocycles. The van der Waals surface area contributed by atoms with E-state index < -0.39 is 0 Å². The van der Waals surface area contributed by atoms with E-state index in [1.165, 1.54) is 31.2 Å². The van der Waals surface area contributed by atoms with Crippen LogP contribution in [0.5, 0.6) is 5.75 Å². The average molecular weight is 231 g/mol. The molecule has 74 valence electrons. The summed E-state index contributed by atoms with van der Waals surface area (Å²) in [4.78, 5) is 10.7. The first-order valence-corrected chi connectivity index (χ1v) is 4.63. The highest BCUT2D eigenvalue weighted by Gasteiger charge is 2.04. The minimum atomic E-state index is -0.111. The van der Waals surface area contributed by atoms with Crippen LogP contribution in [0.4, 0.5) is 0 Å². The van der Waals surface area contributed by atoms with E-state index >= 15 is 0 Å². The second-order valence-electron chi connectivity index (χ2n) is 2.77. The Hall–Kier alpha value is -0.990. The molecule has 0 atom stereocenters. The molecule has 1 aromatic carbocycles. The number of hydrogen-bond acceptors (Lipinski definition) is 2. The number of hydrogen-bond donors (Lipinski definition) is 1. The van der Waals surface area contributed by atoms with Crippen LogP contribution in [0.1, 0.15) is 12.5 Å². The number of benzene rings is 1. The van der Waals surface area contributed by atoms with Crippen molar-refractivity contribution in [2.75, 3.05) is 0 Å². The van der Waals surface area contributed by atoms with E-state index in [2.05, 4.69) is 0 Å². The number of carbonyl (C=O) groups is 1. The van der Waals surface area contributed by atoms with E-state index in [9.17, 15) is 9.90 Å². The normalized spacial score (nSPS) is 10.8. The van der Waals surface area contributed by atoms with Gasteiger partial charge in [0.15, 0.2) is 5.78 Å². The van der Waals surface area contributed by atoms with Gasteiger partial charge in [-0.15, -0.1) is 0 Å². The molecule has 0 aliphatic heterocycles. The van der Waals surface area contributed by atoms with Crippen LogP contribution < -0.4 is 0 Å². The molecule has 0 unspecified atom stereocenters. The summed E-state index contributed by atoms with van der Waals surface area (Å²) < 4.78 is 0. The van der Waals surface area contributed by atoms with Crippen molar-refractivity contribution in [3.8, 4) is 5.75 Å².